The number of nitrogens with zero attached hydrogens (tertiary/aromatic N) is 1. The number of benzene rings is 2. The van der Waals surface area contributed by atoms with E-state index in [4.69, 9.17) is 39.5 Å². The SMILES string of the molecule is Cc1cc(Cl)ccc1OC(C)C(=O)N/N=C/c1ccc(Cl)cc1Cl. The maximum atomic E-state index is 12.0. The van der Waals surface area contributed by atoms with Crippen LogP contribution in [0.25, 0.3) is 0 Å². The fraction of sp³-hybridized carbons (Fsp3) is 0.176. The molecule has 1 amide bonds. The summed E-state index contributed by atoms with van der Waals surface area (Å²) in [6.07, 6.45) is 0.722. The Labute approximate surface area is 155 Å². The third-order valence-corrected chi connectivity index (χ3v) is 3.95. The smallest absolute Gasteiger partial charge is 0.280 e. The first-order valence-corrected chi connectivity index (χ1v) is 8.21. The monoisotopic (exact) mass is 384 g/mol. The number of amides is 1. The van der Waals surface area contributed by atoms with Gasteiger partial charge >= 0.3 is 0 Å². The summed E-state index contributed by atoms with van der Waals surface area (Å²) in [4.78, 5) is 12.0. The van der Waals surface area contributed by atoms with Crippen LogP contribution in [0.5, 0.6) is 5.75 Å². The van der Waals surface area contributed by atoms with E-state index in [2.05, 4.69) is 10.5 Å². The van der Waals surface area contributed by atoms with Gasteiger partial charge in [-0.25, -0.2) is 5.43 Å². The van der Waals surface area contributed by atoms with Crippen molar-refractivity contribution in [3.05, 3.63) is 62.6 Å². The van der Waals surface area contributed by atoms with Crippen LogP contribution in [0.2, 0.25) is 15.1 Å². The Kier molecular flexibility index (Phi) is 6.49. The zero-order valence-electron chi connectivity index (χ0n) is 13.0. The quantitative estimate of drug-likeness (QED) is 0.589. The molecule has 0 fully saturated rings. The second-order valence-electron chi connectivity index (χ2n) is 5.07. The summed E-state index contributed by atoms with van der Waals surface area (Å²) in [5, 5.41) is 5.47. The van der Waals surface area contributed by atoms with Crippen molar-refractivity contribution in [1.29, 1.82) is 0 Å². The minimum atomic E-state index is -0.720. The zero-order chi connectivity index (χ0) is 17.7. The van der Waals surface area contributed by atoms with Crippen molar-refractivity contribution in [3.8, 4) is 5.75 Å². The van der Waals surface area contributed by atoms with Crippen LogP contribution in [0.1, 0.15) is 18.1 Å². The van der Waals surface area contributed by atoms with Gasteiger partial charge in [-0.2, -0.15) is 5.10 Å². The lowest BCUT2D eigenvalue weighted by Gasteiger charge is -2.14. The lowest BCUT2D eigenvalue weighted by Crippen LogP contribution is -2.33. The maximum Gasteiger partial charge on any atom is 0.280 e. The van der Waals surface area contributed by atoms with E-state index in [1.807, 2.05) is 6.92 Å². The van der Waals surface area contributed by atoms with Crippen molar-refractivity contribution < 1.29 is 9.53 Å². The van der Waals surface area contributed by atoms with Crippen molar-refractivity contribution in [2.75, 3.05) is 0 Å². The minimum absolute atomic E-state index is 0.384. The molecule has 2 rings (SSSR count). The normalized spacial score (nSPS) is 12.2. The molecule has 4 nitrogen and oxygen atoms in total. The molecular weight excluding hydrogens is 371 g/mol. The lowest BCUT2D eigenvalue weighted by atomic mass is 10.2. The van der Waals surface area contributed by atoms with Crippen LogP contribution in [0.15, 0.2) is 41.5 Å². The highest BCUT2D eigenvalue weighted by molar-refractivity contribution is 6.36. The second kappa shape index (κ2) is 8.38. The van der Waals surface area contributed by atoms with E-state index >= 15 is 0 Å². The van der Waals surface area contributed by atoms with E-state index in [9.17, 15) is 4.79 Å². The van der Waals surface area contributed by atoms with E-state index in [0.717, 1.165) is 5.56 Å². The Morgan fingerprint density at radius 2 is 1.83 bits per heavy atom. The third kappa shape index (κ3) is 5.13. The molecule has 2 aromatic carbocycles. The summed E-state index contributed by atoms with van der Waals surface area (Å²) in [6, 6.07) is 10.2. The van der Waals surface area contributed by atoms with Gasteiger partial charge in [0.15, 0.2) is 6.10 Å². The molecule has 0 spiro atoms. The standard InChI is InChI=1S/C17H15Cl3N2O2/c1-10-7-13(18)5-6-16(10)24-11(2)17(23)22-21-9-12-3-4-14(19)8-15(12)20/h3-9,11H,1-2H3,(H,22,23)/b21-9+. The van der Waals surface area contributed by atoms with E-state index in [1.54, 1.807) is 43.3 Å². The average Bonchev–Trinajstić information content (AvgIpc) is 2.52. The van der Waals surface area contributed by atoms with Gasteiger partial charge in [0, 0.05) is 15.6 Å². The van der Waals surface area contributed by atoms with Gasteiger partial charge < -0.3 is 4.74 Å². The molecule has 24 heavy (non-hydrogen) atoms. The van der Waals surface area contributed by atoms with E-state index in [-0.39, 0.29) is 5.91 Å². The summed E-state index contributed by atoms with van der Waals surface area (Å²) in [7, 11) is 0. The van der Waals surface area contributed by atoms with Gasteiger partial charge in [-0.05, 0) is 49.7 Å². The topological polar surface area (TPSA) is 50.7 Å². The van der Waals surface area contributed by atoms with E-state index < -0.39 is 6.10 Å². The van der Waals surface area contributed by atoms with Gasteiger partial charge in [0.2, 0.25) is 0 Å². The number of aryl methyl sites for hydroxylation is 1. The van der Waals surface area contributed by atoms with Crippen LogP contribution in [-0.4, -0.2) is 18.2 Å². The van der Waals surface area contributed by atoms with E-state index in [0.29, 0.717) is 26.4 Å². The molecule has 0 heterocycles. The fourth-order valence-corrected chi connectivity index (χ4v) is 2.54. The van der Waals surface area contributed by atoms with Crippen LogP contribution in [0.4, 0.5) is 0 Å². The first-order chi connectivity index (χ1) is 11.4. The number of hydrogen-bond donors (Lipinski definition) is 1. The number of hydrogen-bond acceptors (Lipinski definition) is 3. The van der Waals surface area contributed by atoms with E-state index in [1.165, 1.54) is 6.21 Å². The third-order valence-electron chi connectivity index (χ3n) is 3.15. The van der Waals surface area contributed by atoms with Crippen molar-refractivity contribution in [2.24, 2.45) is 5.10 Å². The first-order valence-electron chi connectivity index (χ1n) is 7.07. The van der Waals surface area contributed by atoms with Crippen LogP contribution in [0.3, 0.4) is 0 Å². The predicted molar refractivity (Wildman–Crippen MR) is 98.5 cm³/mol. The molecule has 1 N–H and O–H groups in total. The number of carbonyl (C=O) groups excluding carboxylic acids is 1. The van der Waals surface area contributed by atoms with Gasteiger partial charge in [0.25, 0.3) is 5.91 Å². The highest BCUT2D eigenvalue weighted by atomic mass is 35.5. The summed E-state index contributed by atoms with van der Waals surface area (Å²) >= 11 is 17.7. The number of ether oxygens (including phenoxy) is 1. The van der Waals surface area contributed by atoms with Gasteiger partial charge in [-0.1, -0.05) is 40.9 Å². The van der Waals surface area contributed by atoms with Crippen LogP contribution >= 0.6 is 34.8 Å². The Bertz CT molecular complexity index is 778. The number of halogens is 3. The van der Waals surface area contributed by atoms with Crippen molar-refractivity contribution >= 4 is 46.9 Å². The average molecular weight is 386 g/mol. The Hall–Kier alpha value is -1.75. The molecule has 0 aliphatic carbocycles. The fourth-order valence-electron chi connectivity index (χ4n) is 1.85. The van der Waals surface area contributed by atoms with Gasteiger partial charge in [0.1, 0.15) is 5.75 Å². The van der Waals surface area contributed by atoms with Gasteiger partial charge in [0.05, 0.1) is 11.2 Å². The lowest BCUT2D eigenvalue weighted by molar-refractivity contribution is -0.127. The van der Waals surface area contributed by atoms with Crippen LogP contribution in [0, 0.1) is 6.92 Å². The zero-order valence-corrected chi connectivity index (χ0v) is 15.3. The highest BCUT2D eigenvalue weighted by Gasteiger charge is 2.15. The number of rotatable bonds is 5. The molecule has 0 aliphatic rings. The number of carbonyl (C=O) groups is 1. The molecule has 0 aliphatic heterocycles. The Morgan fingerprint density at radius 3 is 2.50 bits per heavy atom. The molecule has 0 radical (unpaired) electrons. The first kappa shape index (κ1) is 18.6. The molecule has 0 aromatic heterocycles. The van der Waals surface area contributed by atoms with Crippen molar-refractivity contribution in [2.45, 2.75) is 20.0 Å². The summed E-state index contributed by atoms with van der Waals surface area (Å²) in [5.74, 6) is 0.206. The summed E-state index contributed by atoms with van der Waals surface area (Å²) in [6.45, 7) is 3.49. The molecule has 0 saturated carbocycles. The molecule has 1 unspecified atom stereocenters. The molecule has 7 heteroatoms. The number of nitrogens with one attached hydrogen (secondary N) is 1. The molecule has 0 bridgehead atoms. The number of hydrazone groups is 1. The highest BCUT2D eigenvalue weighted by Crippen LogP contribution is 2.23. The molecule has 126 valence electrons. The van der Waals surface area contributed by atoms with Crippen molar-refractivity contribution in [3.63, 3.8) is 0 Å². The van der Waals surface area contributed by atoms with Crippen molar-refractivity contribution in [1.82, 2.24) is 5.43 Å². The molecule has 1 atom stereocenters. The molecule has 0 saturated heterocycles. The van der Waals surface area contributed by atoms with Crippen LogP contribution in [-0.2, 0) is 4.79 Å². The second-order valence-corrected chi connectivity index (χ2v) is 6.35. The largest absolute Gasteiger partial charge is 0.481 e. The Balaban J connectivity index is 1.95. The summed E-state index contributed by atoms with van der Waals surface area (Å²) in [5.41, 5.74) is 3.90. The summed E-state index contributed by atoms with van der Waals surface area (Å²) < 4.78 is 5.62. The molecule has 2 aromatic rings. The van der Waals surface area contributed by atoms with Crippen LogP contribution < -0.4 is 10.2 Å². The predicted octanol–water partition coefficient (Wildman–Crippen LogP) is 4.87. The van der Waals surface area contributed by atoms with Gasteiger partial charge in [-0.15, -0.1) is 0 Å². The molecular formula is C17H15Cl3N2O2. The minimum Gasteiger partial charge on any atom is -0.481 e. The maximum absolute atomic E-state index is 12.0. The Morgan fingerprint density at radius 1 is 1.17 bits per heavy atom. The van der Waals surface area contributed by atoms with Gasteiger partial charge in [-0.3, -0.25) is 4.79 Å².